The quantitative estimate of drug-likeness (QED) is 0.869. The van der Waals surface area contributed by atoms with Gasteiger partial charge < -0.3 is 15.0 Å². The third-order valence-corrected chi connectivity index (χ3v) is 3.97. The molecule has 2 aromatic rings. The van der Waals surface area contributed by atoms with Crippen LogP contribution in [-0.2, 0) is 4.74 Å². The van der Waals surface area contributed by atoms with Gasteiger partial charge >= 0.3 is 6.09 Å². The van der Waals surface area contributed by atoms with Crippen molar-refractivity contribution in [2.24, 2.45) is 0 Å². The highest BCUT2D eigenvalue weighted by atomic mass is 35.5. The minimum absolute atomic E-state index is 0.0610. The summed E-state index contributed by atoms with van der Waals surface area (Å²) in [5.74, 6) is 0.469. The van der Waals surface area contributed by atoms with Gasteiger partial charge in [0, 0.05) is 30.9 Å². The van der Waals surface area contributed by atoms with Crippen molar-refractivity contribution in [3.63, 3.8) is 0 Å². The Bertz CT molecular complexity index is 744. The highest BCUT2D eigenvalue weighted by Crippen LogP contribution is 2.26. The summed E-state index contributed by atoms with van der Waals surface area (Å²) in [7, 11) is 0. The molecule has 1 aliphatic rings. The number of hydrogen-bond acceptors (Lipinski definition) is 6. The Labute approximate surface area is 150 Å². The largest absolute Gasteiger partial charge is 0.444 e. The van der Waals surface area contributed by atoms with Crippen LogP contribution in [0.2, 0.25) is 5.02 Å². The van der Waals surface area contributed by atoms with Crippen molar-refractivity contribution >= 4 is 23.6 Å². The average molecular weight is 365 g/mol. The van der Waals surface area contributed by atoms with Gasteiger partial charge in [0.15, 0.2) is 0 Å². The monoisotopic (exact) mass is 364 g/mol. The zero-order valence-corrected chi connectivity index (χ0v) is 15.2. The van der Waals surface area contributed by atoms with E-state index in [1.54, 1.807) is 23.5 Å². The summed E-state index contributed by atoms with van der Waals surface area (Å²) in [6.07, 6.45) is 5.43. The van der Waals surface area contributed by atoms with Crippen molar-refractivity contribution in [3.05, 3.63) is 23.6 Å². The fourth-order valence-corrected chi connectivity index (χ4v) is 2.77. The van der Waals surface area contributed by atoms with E-state index in [1.807, 2.05) is 20.8 Å². The van der Waals surface area contributed by atoms with Crippen LogP contribution in [0, 0.1) is 0 Å². The van der Waals surface area contributed by atoms with Crippen molar-refractivity contribution in [2.45, 2.75) is 38.8 Å². The van der Waals surface area contributed by atoms with Gasteiger partial charge in [-0.3, -0.25) is 5.10 Å². The number of nitrogens with zero attached hydrogens (tertiary/aromatic N) is 4. The second kappa shape index (κ2) is 6.87. The average Bonchev–Trinajstić information content (AvgIpc) is 3.19. The summed E-state index contributed by atoms with van der Waals surface area (Å²) < 4.78 is 5.40. The number of amides is 1. The Morgan fingerprint density at radius 1 is 1.44 bits per heavy atom. The molecule has 8 nitrogen and oxygen atoms in total. The van der Waals surface area contributed by atoms with Crippen LogP contribution >= 0.6 is 11.6 Å². The summed E-state index contributed by atoms with van der Waals surface area (Å²) in [5, 5.41) is 10.4. The van der Waals surface area contributed by atoms with Crippen LogP contribution in [0.5, 0.6) is 0 Å². The van der Waals surface area contributed by atoms with Crippen LogP contribution in [-0.4, -0.2) is 55.9 Å². The molecule has 2 aromatic heterocycles. The third-order valence-electron chi connectivity index (χ3n) is 3.69. The van der Waals surface area contributed by atoms with Gasteiger partial charge in [-0.2, -0.15) is 5.10 Å². The molecule has 9 heteroatoms. The lowest BCUT2D eigenvalue weighted by molar-refractivity contribution is 0.0293. The van der Waals surface area contributed by atoms with Crippen molar-refractivity contribution in [3.8, 4) is 11.3 Å². The van der Waals surface area contributed by atoms with Crippen LogP contribution in [0.4, 0.5) is 10.7 Å². The van der Waals surface area contributed by atoms with E-state index in [0.717, 1.165) is 12.0 Å². The van der Waals surface area contributed by atoms with Gasteiger partial charge in [-0.1, -0.05) is 11.6 Å². The molecule has 0 aromatic carbocycles. The lowest BCUT2D eigenvalue weighted by Crippen LogP contribution is -2.36. The molecule has 25 heavy (non-hydrogen) atoms. The first-order valence-corrected chi connectivity index (χ1v) is 8.46. The standard InChI is InChI=1S/C16H21ClN6O2/c1-16(2,3)25-15(24)23-5-4-11(9-23)21-14-18-8-12(17)13(22-14)10-6-19-20-7-10/h6-8,11H,4-5,9H2,1-3H3,(H,19,20)(H,18,21,22)/t11-/m1/s1. The van der Waals surface area contributed by atoms with Crippen molar-refractivity contribution < 1.29 is 9.53 Å². The maximum atomic E-state index is 12.1. The maximum absolute atomic E-state index is 12.1. The molecule has 1 atom stereocenters. The van der Waals surface area contributed by atoms with E-state index in [2.05, 4.69) is 25.5 Å². The number of anilines is 1. The van der Waals surface area contributed by atoms with Gasteiger partial charge in [0.25, 0.3) is 0 Å². The number of carbonyl (C=O) groups excluding carboxylic acids is 1. The molecule has 134 valence electrons. The summed E-state index contributed by atoms with van der Waals surface area (Å²) in [4.78, 5) is 22.5. The number of H-pyrrole nitrogens is 1. The van der Waals surface area contributed by atoms with Crippen molar-refractivity contribution in [2.75, 3.05) is 18.4 Å². The molecule has 1 aliphatic heterocycles. The van der Waals surface area contributed by atoms with E-state index >= 15 is 0 Å². The Morgan fingerprint density at radius 2 is 2.24 bits per heavy atom. The third kappa shape index (κ3) is 4.39. The molecule has 0 radical (unpaired) electrons. The molecule has 1 amide bonds. The number of nitrogens with one attached hydrogen (secondary N) is 2. The molecule has 0 unspecified atom stereocenters. The molecule has 2 N–H and O–H groups in total. The van der Waals surface area contributed by atoms with Gasteiger partial charge in [0.2, 0.25) is 5.95 Å². The summed E-state index contributed by atoms with van der Waals surface area (Å²) in [6, 6.07) is 0.0610. The fourth-order valence-electron chi connectivity index (χ4n) is 2.57. The van der Waals surface area contributed by atoms with Gasteiger partial charge in [-0.25, -0.2) is 14.8 Å². The molecule has 0 saturated carbocycles. The lowest BCUT2D eigenvalue weighted by Gasteiger charge is -2.24. The van der Waals surface area contributed by atoms with E-state index in [9.17, 15) is 4.79 Å². The number of likely N-dealkylation sites (tertiary alicyclic amines) is 1. The number of ether oxygens (including phenoxy) is 1. The first-order chi connectivity index (χ1) is 11.8. The Kier molecular flexibility index (Phi) is 4.80. The predicted octanol–water partition coefficient (Wildman–Crippen LogP) is 2.94. The van der Waals surface area contributed by atoms with Crippen molar-refractivity contribution in [1.82, 2.24) is 25.1 Å². The molecule has 3 rings (SSSR count). The highest BCUT2D eigenvalue weighted by Gasteiger charge is 2.30. The van der Waals surface area contributed by atoms with E-state index in [0.29, 0.717) is 29.8 Å². The van der Waals surface area contributed by atoms with Gasteiger partial charge in [0.05, 0.1) is 23.1 Å². The zero-order chi connectivity index (χ0) is 18.0. The number of carbonyl (C=O) groups is 1. The van der Waals surface area contributed by atoms with Crippen molar-refractivity contribution in [1.29, 1.82) is 0 Å². The van der Waals surface area contributed by atoms with Gasteiger partial charge in [0.1, 0.15) is 5.60 Å². The van der Waals surface area contributed by atoms with E-state index in [4.69, 9.17) is 16.3 Å². The van der Waals surface area contributed by atoms with Gasteiger partial charge in [-0.15, -0.1) is 0 Å². The second-order valence-electron chi connectivity index (χ2n) is 6.93. The van der Waals surface area contributed by atoms with Crippen LogP contribution in [0.25, 0.3) is 11.3 Å². The summed E-state index contributed by atoms with van der Waals surface area (Å²) in [5.41, 5.74) is 0.897. The minimum Gasteiger partial charge on any atom is -0.444 e. The predicted molar refractivity (Wildman–Crippen MR) is 94.5 cm³/mol. The topological polar surface area (TPSA) is 96.0 Å². The molecule has 0 spiro atoms. The SMILES string of the molecule is CC(C)(C)OC(=O)N1CC[C@@H](Nc2ncc(Cl)c(-c3cn[nH]c3)n2)C1. The lowest BCUT2D eigenvalue weighted by atomic mass is 10.2. The Balaban J connectivity index is 1.64. The number of halogens is 1. The molecule has 0 bridgehead atoms. The van der Waals surface area contributed by atoms with Crippen LogP contribution in [0.3, 0.4) is 0 Å². The molecule has 3 heterocycles. The van der Waals surface area contributed by atoms with Crippen LogP contribution in [0.15, 0.2) is 18.6 Å². The molecule has 1 fully saturated rings. The zero-order valence-electron chi connectivity index (χ0n) is 14.4. The molecule has 1 saturated heterocycles. The number of hydrogen-bond donors (Lipinski definition) is 2. The van der Waals surface area contributed by atoms with E-state index in [1.165, 1.54) is 0 Å². The van der Waals surface area contributed by atoms with Crippen LogP contribution < -0.4 is 5.32 Å². The number of aromatic nitrogens is 4. The summed E-state index contributed by atoms with van der Waals surface area (Å²) in [6.45, 7) is 6.75. The van der Waals surface area contributed by atoms with Gasteiger partial charge in [-0.05, 0) is 27.2 Å². The second-order valence-corrected chi connectivity index (χ2v) is 7.34. The normalized spacial score (nSPS) is 17.6. The maximum Gasteiger partial charge on any atom is 0.410 e. The smallest absolute Gasteiger partial charge is 0.410 e. The number of aromatic amines is 1. The first kappa shape index (κ1) is 17.5. The summed E-state index contributed by atoms with van der Waals surface area (Å²) >= 11 is 6.17. The molecular weight excluding hydrogens is 344 g/mol. The Morgan fingerprint density at radius 3 is 2.92 bits per heavy atom. The fraction of sp³-hybridized carbons (Fsp3) is 0.500. The molecular formula is C16H21ClN6O2. The minimum atomic E-state index is -0.499. The van der Waals surface area contributed by atoms with E-state index < -0.39 is 5.60 Å². The van der Waals surface area contributed by atoms with Crippen LogP contribution in [0.1, 0.15) is 27.2 Å². The first-order valence-electron chi connectivity index (χ1n) is 8.08. The van der Waals surface area contributed by atoms with E-state index in [-0.39, 0.29) is 12.1 Å². The molecule has 0 aliphatic carbocycles. The number of rotatable bonds is 3. The Hall–Kier alpha value is -2.35. The highest BCUT2D eigenvalue weighted by molar-refractivity contribution is 6.32.